The quantitative estimate of drug-likeness (QED) is 0.427. The molecule has 6 nitrogen and oxygen atoms in total. The summed E-state index contributed by atoms with van der Waals surface area (Å²) in [7, 11) is 0. The van der Waals surface area contributed by atoms with Crippen molar-refractivity contribution in [1.29, 1.82) is 0 Å². The molecule has 2 aromatic rings. The fourth-order valence-corrected chi connectivity index (χ4v) is 3.19. The fourth-order valence-electron chi connectivity index (χ4n) is 3.19. The zero-order chi connectivity index (χ0) is 18.9. The third-order valence-corrected chi connectivity index (χ3v) is 4.60. The van der Waals surface area contributed by atoms with E-state index >= 15 is 0 Å². The molecule has 0 aliphatic carbocycles. The number of benzene rings is 1. The molecule has 0 saturated heterocycles. The van der Waals surface area contributed by atoms with Gasteiger partial charge in [0.15, 0.2) is 5.96 Å². The van der Waals surface area contributed by atoms with Crippen molar-refractivity contribution in [2.45, 2.75) is 39.3 Å². The number of carbonyl (C=O) groups excluding carboxylic acids is 1. The number of rotatable bonds is 8. The van der Waals surface area contributed by atoms with Crippen molar-refractivity contribution >= 4 is 11.9 Å². The maximum Gasteiger partial charge on any atom is 0.223 e. The molecule has 0 unspecified atom stereocenters. The van der Waals surface area contributed by atoms with Crippen molar-refractivity contribution < 1.29 is 9.21 Å². The Morgan fingerprint density at radius 2 is 1.93 bits per heavy atom. The van der Waals surface area contributed by atoms with Gasteiger partial charge < -0.3 is 20.0 Å². The van der Waals surface area contributed by atoms with Gasteiger partial charge in [0.25, 0.3) is 0 Å². The molecule has 27 heavy (non-hydrogen) atoms. The smallest absolute Gasteiger partial charge is 0.223 e. The van der Waals surface area contributed by atoms with Gasteiger partial charge in [0.2, 0.25) is 5.91 Å². The van der Waals surface area contributed by atoms with Crippen LogP contribution in [0.3, 0.4) is 0 Å². The largest absolute Gasteiger partial charge is 0.469 e. The van der Waals surface area contributed by atoms with Crippen molar-refractivity contribution in [3.05, 3.63) is 59.5 Å². The van der Waals surface area contributed by atoms with Crippen LogP contribution >= 0.6 is 0 Å². The van der Waals surface area contributed by atoms with Gasteiger partial charge in [-0.1, -0.05) is 24.3 Å². The van der Waals surface area contributed by atoms with E-state index in [9.17, 15) is 4.79 Å². The number of nitrogens with one attached hydrogen (secondary N) is 2. The lowest BCUT2D eigenvalue weighted by Crippen LogP contribution is -2.38. The molecule has 0 atom stereocenters. The normalized spacial score (nSPS) is 13.5. The predicted octanol–water partition coefficient (Wildman–Crippen LogP) is 2.70. The van der Waals surface area contributed by atoms with Gasteiger partial charge in [-0.05, 0) is 36.6 Å². The standard InChI is InChI=1S/C21H28N4O2/c1-2-22-21(24-13-11-19-9-6-14-27-19)23-12-5-10-20(26)25-15-17-7-3-4-8-18(17)16-25/h3-4,6-9,14H,2,5,10-13,15-16H2,1H3,(H2,22,23,24). The van der Waals surface area contributed by atoms with Crippen molar-refractivity contribution in [1.82, 2.24) is 15.5 Å². The molecule has 0 saturated carbocycles. The minimum Gasteiger partial charge on any atom is -0.469 e. The molecule has 1 aliphatic rings. The zero-order valence-electron chi connectivity index (χ0n) is 15.9. The Labute approximate surface area is 160 Å². The highest BCUT2D eigenvalue weighted by Crippen LogP contribution is 2.22. The minimum absolute atomic E-state index is 0.206. The van der Waals surface area contributed by atoms with E-state index in [-0.39, 0.29) is 5.91 Å². The highest BCUT2D eigenvalue weighted by molar-refractivity contribution is 5.80. The number of nitrogens with zero attached hydrogens (tertiary/aromatic N) is 2. The monoisotopic (exact) mass is 368 g/mol. The Hall–Kier alpha value is -2.76. The first-order valence-corrected chi connectivity index (χ1v) is 9.65. The Morgan fingerprint density at radius 3 is 2.59 bits per heavy atom. The number of amides is 1. The van der Waals surface area contributed by atoms with Crippen molar-refractivity contribution in [2.24, 2.45) is 4.99 Å². The minimum atomic E-state index is 0.206. The molecule has 2 heterocycles. The highest BCUT2D eigenvalue weighted by atomic mass is 16.3. The van der Waals surface area contributed by atoms with Gasteiger partial charge in [0.05, 0.1) is 6.26 Å². The molecule has 2 N–H and O–H groups in total. The Balaban J connectivity index is 1.38. The number of guanidine groups is 1. The summed E-state index contributed by atoms with van der Waals surface area (Å²) in [5, 5.41) is 6.53. The van der Waals surface area contributed by atoms with Gasteiger partial charge in [0.1, 0.15) is 5.76 Å². The number of furan rings is 1. The Bertz CT molecular complexity index is 730. The Morgan fingerprint density at radius 1 is 1.15 bits per heavy atom. The van der Waals surface area contributed by atoms with Crippen molar-refractivity contribution in [3.8, 4) is 0 Å². The van der Waals surface area contributed by atoms with Crippen LogP contribution in [-0.2, 0) is 24.3 Å². The Kier molecular flexibility index (Phi) is 6.90. The molecule has 3 rings (SSSR count). The van der Waals surface area contributed by atoms with Gasteiger partial charge in [0, 0.05) is 45.6 Å². The maximum atomic E-state index is 12.4. The summed E-state index contributed by atoms with van der Waals surface area (Å²) in [6.45, 7) is 5.69. The predicted molar refractivity (Wildman–Crippen MR) is 106 cm³/mol. The van der Waals surface area contributed by atoms with Gasteiger partial charge in [-0.3, -0.25) is 9.79 Å². The molecule has 1 aromatic carbocycles. The van der Waals surface area contributed by atoms with Gasteiger partial charge in [-0.25, -0.2) is 0 Å². The van der Waals surface area contributed by atoms with Crippen LogP contribution in [0, 0.1) is 0 Å². The number of hydrogen-bond acceptors (Lipinski definition) is 3. The molecule has 0 bridgehead atoms. The molecule has 0 fully saturated rings. The lowest BCUT2D eigenvalue weighted by Gasteiger charge is -2.15. The third-order valence-electron chi connectivity index (χ3n) is 4.60. The van der Waals surface area contributed by atoms with Crippen LogP contribution in [0.25, 0.3) is 0 Å². The topological polar surface area (TPSA) is 69.9 Å². The summed E-state index contributed by atoms with van der Waals surface area (Å²) in [6, 6.07) is 12.1. The van der Waals surface area contributed by atoms with Crippen molar-refractivity contribution in [2.75, 3.05) is 19.6 Å². The summed E-state index contributed by atoms with van der Waals surface area (Å²) in [6.07, 6.45) is 3.78. The average molecular weight is 368 g/mol. The second-order valence-electron chi connectivity index (χ2n) is 6.64. The number of fused-ring (bicyclic) bond motifs is 1. The molecule has 1 aromatic heterocycles. The van der Waals surface area contributed by atoms with E-state index in [4.69, 9.17) is 4.42 Å². The van der Waals surface area contributed by atoms with Crippen molar-refractivity contribution in [3.63, 3.8) is 0 Å². The highest BCUT2D eigenvalue weighted by Gasteiger charge is 2.22. The van der Waals surface area contributed by atoms with E-state index in [2.05, 4.69) is 27.8 Å². The lowest BCUT2D eigenvalue weighted by molar-refractivity contribution is -0.131. The molecule has 1 amide bonds. The first-order valence-electron chi connectivity index (χ1n) is 9.65. The second-order valence-corrected chi connectivity index (χ2v) is 6.64. The molecule has 6 heteroatoms. The summed E-state index contributed by atoms with van der Waals surface area (Å²) < 4.78 is 5.33. The summed E-state index contributed by atoms with van der Waals surface area (Å²) in [4.78, 5) is 18.9. The third kappa shape index (κ3) is 5.61. The average Bonchev–Trinajstić information content (AvgIpc) is 3.34. The van der Waals surface area contributed by atoms with Crippen LogP contribution in [0.2, 0.25) is 0 Å². The molecular formula is C21H28N4O2. The first-order chi connectivity index (χ1) is 13.3. The fraction of sp³-hybridized carbons (Fsp3) is 0.429. The van der Waals surface area contributed by atoms with Crippen LogP contribution in [0.4, 0.5) is 0 Å². The van der Waals surface area contributed by atoms with E-state index in [1.54, 1.807) is 6.26 Å². The van der Waals surface area contributed by atoms with Crippen LogP contribution in [0.15, 0.2) is 52.1 Å². The molecule has 1 aliphatic heterocycles. The van der Waals surface area contributed by atoms with Gasteiger partial charge in [-0.15, -0.1) is 0 Å². The summed E-state index contributed by atoms with van der Waals surface area (Å²) in [5.41, 5.74) is 2.53. The van der Waals surface area contributed by atoms with Crippen LogP contribution in [-0.4, -0.2) is 36.4 Å². The number of aliphatic imine (C=N–C) groups is 1. The van der Waals surface area contributed by atoms with Crippen LogP contribution in [0.5, 0.6) is 0 Å². The summed E-state index contributed by atoms with van der Waals surface area (Å²) >= 11 is 0. The zero-order valence-corrected chi connectivity index (χ0v) is 15.9. The number of hydrogen-bond donors (Lipinski definition) is 2. The van der Waals surface area contributed by atoms with Crippen LogP contribution < -0.4 is 10.6 Å². The van der Waals surface area contributed by atoms with Crippen LogP contribution in [0.1, 0.15) is 36.7 Å². The van der Waals surface area contributed by atoms with Gasteiger partial charge >= 0.3 is 0 Å². The van der Waals surface area contributed by atoms with E-state index in [0.717, 1.165) is 50.7 Å². The van der Waals surface area contributed by atoms with E-state index in [1.165, 1.54) is 11.1 Å². The number of carbonyl (C=O) groups is 1. The first kappa shape index (κ1) is 19.0. The molecule has 144 valence electrons. The molecular weight excluding hydrogens is 340 g/mol. The SMILES string of the molecule is CCNC(=NCCCC(=O)N1Cc2ccccc2C1)NCCc1ccco1. The molecule has 0 radical (unpaired) electrons. The lowest BCUT2D eigenvalue weighted by atomic mass is 10.1. The second kappa shape index (κ2) is 9.80. The molecule has 0 spiro atoms. The van der Waals surface area contributed by atoms with E-state index < -0.39 is 0 Å². The van der Waals surface area contributed by atoms with E-state index in [0.29, 0.717) is 13.0 Å². The van der Waals surface area contributed by atoms with E-state index in [1.807, 2.05) is 36.1 Å². The summed E-state index contributed by atoms with van der Waals surface area (Å²) in [5.74, 6) is 1.94. The maximum absolute atomic E-state index is 12.4. The van der Waals surface area contributed by atoms with Gasteiger partial charge in [-0.2, -0.15) is 0 Å².